The van der Waals surface area contributed by atoms with Crippen LogP contribution in [0.1, 0.15) is 80.9 Å². The molecule has 2 aliphatic rings. The molecule has 1 aromatic carbocycles. The summed E-state index contributed by atoms with van der Waals surface area (Å²) in [6, 6.07) is 8.65. The Kier molecular flexibility index (Phi) is 4.22. The molecule has 0 aromatic heterocycles. The summed E-state index contributed by atoms with van der Waals surface area (Å²) in [6.45, 7) is 0. The topological polar surface area (TPSA) is 20.2 Å². The summed E-state index contributed by atoms with van der Waals surface area (Å²) in [4.78, 5) is 0. The maximum absolute atomic E-state index is 10.8. The third kappa shape index (κ3) is 2.86. The Morgan fingerprint density at radius 2 is 1.53 bits per heavy atom. The second-order valence-electron chi connectivity index (χ2n) is 6.45. The van der Waals surface area contributed by atoms with E-state index >= 15 is 0 Å². The summed E-state index contributed by atoms with van der Waals surface area (Å²) in [5, 5.41) is 10.8. The molecule has 1 nitrogen and oxygen atoms in total. The normalized spacial score (nSPS) is 23.6. The summed E-state index contributed by atoms with van der Waals surface area (Å²) >= 11 is 0. The molecule has 1 heteroatoms. The lowest BCUT2D eigenvalue weighted by molar-refractivity contribution is 0.0970. The van der Waals surface area contributed by atoms with E-state index in [4.69, 9.17) is 0 Å². The van der Waals surface area contributed by atoms with Crippen molar-refractivity contribution in [3.63, 3.8) is 0 Å². The Labute approximate surface area is 117 Å². The van der Waals surface area contributed by atoms with Crippen molar-refractivity contribution in [2.45, 2.75) is 69.8 Å². The van der Waals surface area contributed by atoms with Crippen molar-refractivity contribution in [1.29, 1.82) is 0 Å². The van der Waals surface area contributed by atoms with E-state index in [9.17, 15) is 5.11 Å². The Balaban J connectivity index is 1.79. The molecule has 19 heavy (non-hydrogen) atoms. The molecule has 3 rings (SSSR count). The van der Waals surface area contributed by atoms with Gasteiger partial charge in [-0.2, -0.15) is 0 Å². The summed E-state index contributed by atoms with van der Waals surface area (Å²) < 4.78 is 0. The summed E-state index contributed by atoms with van der Waals surface area (Å²) in [5.74, 6) is 1.21. The third-order valence-corrected chi connectivity index (χ3v) is 5.21. The quantitative estimate of drug-likeness (QED) is 0.760. The van der Waals surface area contributed by atoms with E-state index in [1.807, 2.05) is 0 Å². The van der Waals surface area contributed by atoms with Gasteiger partial charge in [0.1, 0.15) is 0 Å². The number of benzene rings is 1. The molecule has 0 radical (unpaired) electrons. The number of aliphatic hydroxyl groups is 1. The van der Waals surface area contributed by atoms with Crippen LogP contribution in [0.2, 0.25) is 0 Å². The van der Waals surface area contributed by atoms with Crippen LogP contribution in [0.3, 0.4) is 0 Å². The molecule has 0 spiro atoms. The predicted molar refractivity (Wildman–Crippen MR) is 79.2 cm³/mol. The van der Waals surface area contributed by atoms with E-state index in [1.165, 1.54) is 68.9 Å². The second kappa shape index (κ2) is 6.09. The molecular formula is C18H26O. The second-order valence-corrected chi connectivity index (χ2v) is 6.45. The van der Waals surface area contributed by atoms with Crippen LogP contribution in [0.25, 0.3) is 0 Å². The average Bonchev–Trinajstić information content (AvgIpc) is 2.65. The molecule has 2 saturated carbocycles. The molecule has 0 aliphatic heterocycles. The van der Waals surface area contributed by atoms with Gasteiger partial charge >= 0.3 is 0 Å². The maximum Gasteiger partial charge on any atom is 0.0820 e. The molecule has 1 atom stereocenters. The molecule has 0 bridgehead atoms. The largest absolute Gasteiger partial charge is 0.388 e. The molecule has 1 aromatic rings. The van der Waals surface area contributed by atoms with Gasteiger partial charge in [-0.1, -0.05) is 56.4 Å². The van der Waals surface area contributed by atoms with E-state index in [2.05, 4.69) is 24.3 Å². The highest BCUT2D eigenvalue weighted by Crippen LogP contribution is 2.42. The van der Waals surface area contributed by atoms with Crippen LogP contribution in [0, 0.1) is 5.92 Å². The van der Waals surface area contributed by atoms with Crippen LogP contribution in [-0.4, -0.2) is 5.11 Å². The van der Waals surface area contributed by atoms with Crippen LogP contribution in [0.4, 0.5) is 0 Å². The number of rotatable bonds is 3. The van der Waals surface area contributed by atoms with Crippen molar-refractivity contribution < 1.29 is 5.11 Å². The van der Waals surface area contributed by atoms with Gasteiger partial charge in [0, 0.05) is 0 Å². The Morgan fingerprint density at radius 1 is 0.842 bits per heavy atom. The standard InChI is InChI=1S/C18H26O/c19-18(15-8-3-1-2-4-9-15)17-13-6-5-12-16(17)14-10-7-11-14/h5-6,12-15,18-19H,1-4,7-11H2. The van der Waals surface area contributed by atoms with Gasteiger partial charge in [-0.25, -0.2) is 0 Å². The summed E-state index contributed by atoms with van der Waals surface area (Å²) in [6.07, 6.45) is 11.5. The van der Waals surface area contributed by atoms with E-state index in [0.717, 1.165) is 5.92 Å². The Bertz CT molecular complexity index is 400. The van der Waals surface area contributed by atoms with Gasteiger partial charge in [0.25, 0.3) is 0 Å². The molecule has 104 valence electrons. The number of hydrogen-bond donors (Lipinski definition) is 1. The first kappa shape index (κ1) is 13.2. The highest BCUT2D eigenvalue weighted by molar-refractivity contribution is 5.33. The SMILES string of the molecule is OC(c1ccccc1C1CCC1)C1CCCCCC1. The zero-order chi connectivity index (χ0) is 13.1. The fourth-order valence-electron chi connectivity index (χ4n) is 3.75. The van der Waals surface area contributed by atoms with Crippen molar-refractivity contribution in [3.8, 4) is 0 Å². The van der Waals surface area contributed by atoms with Gasteiger partial charge in [0.2, 0.25) is 0 Å². The molecule has 2 fully saturated rings. The minimum Gasteiger partial charge on any atom is -0.388 e. The van der Waals surface area contributed by atoms with Crippen LogP contribution in [0.15, 0.2) is 24.3 Å². The summed E-state index contributed by atoms with van der Waals surface area (Å²) in [5.41, 5.74) is 2.67. The zero-order valence-corrected chi connectivity index (χ0v) is 11.9. The van der Waals surface area contributed by atoms with Gasteiger partial charge < -0.3 is 5.11 Å². The number of aliphatic hydroxyl groups excluding tert-OH is 1. The van der Waals surface area contributed by atoms with Gasteiger partial charge in [-0.15, -0.1) is 0 Å². The van der Waals surface area contributed by atoms with Gasteiger partial charge in [-0.3, -0.25) is 0 Å². The lowest BCUT2D eigenvalue weighted by Crippen LogP contribution is -2.17. The molecule has 0 amide bonds. The van der Waals surface area contributed by atoms with Crippen LogP contribution < -0.4 is 0 Å². The predicted octanol–water partition coefficient (Wildman–Crippen LogP) is 4.96. The smallest absolute Gasteiger partial charge is 0.0820 e. The van der Waals surface area contributed by atoms with Gasteiger partial charge in [0.15, 0.2) is 0 Å². The van der Waals surface area contributed by atoms with Gasteiger partial charge in [-0.05, 0) is 48.6 Å². The van der Waals surface area contributed by atoms with Crippen LogP contribution >= 0.6 is 0 Å². The fourth-order valence-corrected chi connectivity index (χ4v) is 3.75. The first-order valence-corrected chi connectivity index (χ1v) is 8.13. The molecule has 1 N–H and O–H groups in total. The van der Waals surface area contributed by atoms with E-state index in [-0.39, 0.29) is 6.10 Å². The van der Waals surface area contributed by atoms with Crippen molar-refractivity contribution in [2.75, 3.05) is 0 Å². The highest BCUT2D eigenvalue weighted by Gasteiger charge is 2.28. The first-order chi connectivity index (χ1) is 9.36. The lowest BCUT2D eigenvalue weighted by Gasteiger charge is -2.31. The fraction of sp³-hybridized carbons (Fsp3) is 0.667. The van der Waals surface area contributed by atoms with Crippen molar-refractivity contribution >= 4 is 0 Å². The first-order valence-electron chi connectivity index (χ1n) is 8.13. The molecule has 1 unspecified atom stereocenters. The minimum atomic E-state index is -0.227. The Hall–Kier alpha value is -0.820. The molecule has 0 heterocycles. The van der Waals surface area contributed by atoms with Crippen LogP contribution in [0.5, 0.6) is 0 Å². The van der Waals surface area contributed by atoms with Crippen molar-refractivity contribution in [1.82, 2.24) is 0 Å². The maximum atomic E-state index is 10.8. The van der Waals surface area contributed by atoms with Crippen LogP contribution in [-0.2, 0) is 0 Å². The molecular weight excluding hydrogens is 232 g/mol. The van der Waals surface area contributed by atoms with E-state index < -0.39 is 0 Å². The lowest BCUT2D eigenvalue weighted by atomic mass is 9.76. The zero-order valence-electron chi connectivity index (χ0n) is 11.9. The third-order valence-electron chi connectivity index (χ3n) is 5.21. The summed E-state index contributed by atoms with van der Waals surface area (Å²) in [7, 11) is 0. The number of hydrogen-bond acceptors (Lipinski definition) is 1. The Morgan fingerprint density at radius 3 is 2.16 bits per heavy atom. The van der Waals surface area contributed by atoms with E-state index in [1.54, 1.807) is 0 Å². The molecule has 2 aliphatic carbocycles. The minimum absolute atomic E-state index is 0.227. The van der Waals surface area contributed by atoms with Crippen molar-refractivity contribution in [3.05, 3.63) is 35.4 Å². The van der Waals surface area contributed by atoms with Crippen molar-refractivity contribution in [2.24, 2.45) is 5.92 Å². The molecule has 0 saturated heterocycles. The van der Waals surface area contributed by atoms with E-state index in [0.29, 0.717) is 5.92 Å². The highest BCUT2D eigenvalue weighted by atomic mass is 16.3. The van der Waals surface area contributed by atoms with Gasteiger partial charge in [0.05, 0.1) is 6.10 Å². The average molecular weight is 258 g/mol. The monoisotopic (exact) mass is 258 g/mol.